The van der Waals surface area contributed by atoms with Gasteiger partial charge in [0.05, 0.1) is 11.2 Å². The zero-order valence-corrected chi connectivity index (χ0v) is 16.9. The standard InChI is InChI=1S/C16H29BN2O4Si/c1-15(2)16(3,4)23-17(22-15)13-10-18-19(14(13)11-20)12-21-8-9-24(5,6)7/h10-11H,8-9,12H2,1-7H3. The van der Waals surface area contributed by atoms with Crippen molar-refractivity contribution in [3.05, 3.63) is 11.9 Å². The second-order valence-corrected chi connectivity index (χ2v) is 14.2. The molecule has 0 radical (unpaired) electrons. The highest BCUT2D eigenvalue weighted by atomic mass is 28.3. The number of hydrogen-bond acceptors (Lipinski definition) is 5. The summed E-state index contributed by atoms with van der Waals surface area (Å²) in [5.74, 6) is 0. The molecule has 1 aromatic heterocycles. The first-order valence-electron chi connectivity index (χ1n) is 8.41. The van der Waals surface area contributed by atoms with Crippen molar-refractivity contribution in [3.8, 4) is 0 Å². The third-order valence-corrected chi connectivity index (χ3v) is 6.44. The number of hydrogen-bond donors (Lipinski definition) is 0. The van der Waals surface area contributed by atoms with E-state index in [0.29, 0.717) is 17.8 Å². The molecule has 0 bridgehead atoms. The van der Waals surface area contributed by atoms with Gasteiger partial charge < -0.3 is 14.0 Å². The van der Waals surface area contributed by atoms with Gasteiger partial charge in [0.25, 0.3) is 0 Å². The van der Waals surface area contributed by atoms with E-state index >= 15 is 0 Å². The van der Waals surface area contributed by atoms with Gasteiger partial charge in [0.2, 0.25) is 0 Å². The minimum absolute atomic E-state index is 0.262. The fourth-order valence-corrected chi connectivity index (χ4v) is 3.08. The normalized spacial score (nSPS) is 19.7. The van der Waals surface area contributed by atoms with Crippen LogP contribution in [0.1, 0.15) is 38.2 Å². The first-order valence-corrected chi connectivity index (χ1v) is 12.1. The van der Waals surface area contributed by atoms with E-state index in [0.717, 1.165) is 12.3 Å². The van der Waals surface area contributed by atoms with E-state index in [4.69, 9.17) is 14.0 Å². The predicted octanol–water partition coefficient (Wildman–Crippen LogP) is 2.31. The summed E-state index contributed by atoms with van der Waals surface area (Å²) in [7, 11) is -1.72. The smallest absolute Gasteiger partial charge is 0.399 e. The molecule has 0 spiro atoms. The van der Waals surface area contributed by atoms with Crippen molar-refractivity contribution in [1.82, 2.24) is 9.78 Å². The Labute approximate surface area is 146 Å². The lowest BCUT2D eigenvalue weighted by Crippen LogP contribution is -2.41. The van der Waals surface area contributed by atoms with Crippen LogP contribution < -0.4 is 5.46 Å². The maximum Gasteiger partial charge on any atom is 0.498 e. The molecular weight excluding hydrogens is 323 g/mol. The molecule has 1 aromatic rings. The summed E-state index contributed by atoms with van der Waals surface area (Å²) in [5, 5.41) is 4.27. The minimum Gasteiger partial charge on any atom is -0.399 e. The maximum atomic E-state index is 11.6. The van der Waals surface area contributed by atoms with Crippen molar-refractivity contribution in [2.45, 2.75) is 71.3 Å². The van der Waals surface area contributed by atoms with Gasteiger partial charge in [-0.25, -0.2) is 4.68 Å². The molecule has 1 aliphatic heterocycles. The molecule has 0 amide bonds. The lowest BCUT2D eigenvalue weighted by atomic mass is 9.79. The van der Waals surface area contributed by atoms with Crippen molar-refractivity contribution >= 4 is 26.9 Å². The Kier molecular flexibility index (Phi) is 5.44. The molecule has 1 fully saturated rings. The minimum atomic E-state index is -1.13. The van der Waals surface area contributed by atoms with E-state index in [1.54, 1.807) is 10.9 Å². The molecule has 1 aliphatic rings. The second-order valence-electron chi connectivity index (χ2n) is 8.54. The van der Waals surface area contributed by atoms with Crippen LogP contribution in [0.2, 0.25) is 25.7 Å². The van der Waals surface area contributed by atoms with Gasteiger partial charge in [-0.1, -0.05) is 19.6 Å². The van der Waals surface area contributed by atoms with Crippen molar-refractivity contribution in [2.75, 3.05) is 6.61 Å². The lowest BCUT2D eigenvalue weighted by Gasteiger charge is -2.32. The maximum absolute atomic E-state index is 11.6. The Morgan fingerprint density at radius 2 is 1.83 bits per heavy atom. The van der Waals surface area contributed by atoms with Gasteiger partial charge in [0, 0.05) is 26.3 Å². The molecule has 8 heteroatoms. The first kappa shape index (κ1) is 19.4. The summed E-state index contributed by atoms with van der Waals surface area (Å²) in [6.07, 6.45) is 2.42. The fourth-order valence-electron chi connectivity index (χ4n) is 2.32. The van der Waals surface area contributed by atoms with Crippen LogP contribution in [0.3, 0.4) is 0 Å². The first-order chi connectivity index (χ1) is 11.0. The van der Waals surface area contributed by atoms with Crippen LogP contribution >= 0.6 is 0 Å². The molecule has 0 aliphatic carbocycles. The lowest BCUT2D eigenvalue weighted by molar-refractivity contribution is 0.00578. The summed E-state index contributed by atoms with van der Waals surface area (Å²) < 4.78 is 19.3. The topological polar surface area (TPSA) is 62.6 Å². The summed E-state index contributed by atoms with van der Waals surface area (Å²) in [5.41, 5.74) is 0.195. The number of aromatic nitrogens is 2. The molecule has 24 heavy (non-hydrogen) atoms. The third kappa shape index (κ3) is 4.17. The van der Waals surface area contributed by atoms with E-state index in [-0.39, 0.29) is 6.73 Å². The van der Waals surface area contributed by atoms with Crippen LogP contribution in [0.4, 0.5) is 0 Å². The zero-order valence-electron chi connectivity index (χ0n) is 15.9. The van der Waals surface area contributed by atoms with Crippen LogP contribution in [0.15, 0.2) is 6.20 Å². The highest BCUT2D eigenvalue weighted by Crippen LogP contribution is 2.36. The van der Waals surface area contributed by atoms with Gasteiger partial charge in [-0.15, -0.1) is 0 Å². The Morgan fingerprint density at radius 1 is 1.25 bits per heavy atom. The van der Waals surface area contributed by atoms with Crippen molar-refractivity contribution in [3.63, 3.8) is 0 Å². The molecule has 0 atom stereocenters. The van der Waals surface area contributed by atoms with Gasteiger partial charge in [-0.05, 0) is 33.7 Å². The Bertz CT molecular complexity index is 579. The van der Waals surface area contributed by atoms with E-state index in [2.05, 4.69) is 24.7 Å². The van der Waals surface area contributed by atoms with E-state index in [1.165, 1.54) is 0 Å². The van der Waals surface area contributed by atoms with Crippen LogP contribution in [0.5, 0.6) is 0 Å². The number of aldehydes is 1. The Morgan fingerprint density at radius 3 is 2.33 bits per heavy atom. The fraction of sp³-hybridized carbons (Fsp3) is 0.750. The monoisotopic (exact) mass is 352 g/mol. The predicted molar refractivity (Wildman–Crippen MR) is 97.4 cm³/mol. The van der Waals surface area contributed by atoms with Crippen LogP contribution in [0, 0.1) is 0 Å². The molecule has 6 nitrogen and oxygen atoms in total. The quantitative estimate of drug-likeness (QED) is 0.428. The van der Waals surface area contributed by atoms with Crippen molar-refractivity contribution < 1.29 is 18.8 Å². The highest BCUT2D eigenvalue weighted by molar-refractivity contribution is 6.76. The SMILES string of the molecule is CC1(C)OB(c2cnn(COCC[Si](C)(C)C)c2C=O)OC1(C)C. The Hall–Kier alpha value is -0.958. The number of rotatable bonds is 7. The summed E-state index contributed by atoms with van der Waals surface area (Å²) in [6.45, 7) is 15.8. The van der Waals surface area contributed by atoms with E-state index in [1.807, 2.05) is 27.7 Å². The second kappa shape index (κ2) is 6.74. The summed E-state index contributed by atoms with van der Waals surface area (Å²) in [6, 6.07) is 1.08. The number of ether oxygens (including phenoxy) is 1. The largest absolute Gasteiger partial charge is 0.498 e. The van der Waals surface area contributed by atoms with Crippen LogP contribution in [-0.2, 0) is 20.8 Å². The summed E-state index contributed by atoms with van der Waals surface area (Å²) >= 11 is 0. The third-order valence-electron chi connectivity index (χ3n) is 4.74. The number of nitrogens with zero attached hydrogens (tertiary/aromatic N) is 2. The molecule has 1 saturated heterocycles. The van der Waals surface area contributed by atoms with Crippen LogP contribution in [0.25, 0.3) is 0 Å². The van der Waals surface area contributed by atoms with Gasteiger partial charge in [0.1, 0.15) is 12.4 Å². The summed E-state index contributed by atoms with van der Waals surface area (Å²) in [4.78, 5) is 11.6. The average Bonchev–Trinajstić information content (AvgIpc) is 2.92. The molecule has 134 valence electrons. The Balaban J connectivity index is 2.06. The molecule has 0 aromatic carbocycles. The molecule has 2 rings (SSSR count). The number of carbonyl (C=O) groups is 1. The highest BCUT2D eigenvalue weighted by Gasteiger charge is 2.52. The molecule has 0 saturated carbocycles. The van der Waals surface area contributed by atoms with E-state index in [9.17, 15) is 4.79 Å². The number of carbonyl (C=O) groups excluding carboxylic acids is 1. The van der Waals surface area contributed by atoms with Crippen LogP contribution in [-0.4, -0.2) is 49.1 Å². The zero-order chi connectivity index (χ0) is 18.2. The molecule has 0 N–H and O–H groups in total. The molecular formula is C16H29BN2O4Si. The molecule has 2 heterocycles. The van der Waals surface area contributed by atoms with Gasteiger partial charge in [0.15, 0.2) is 6.29 Å². The van der Waals surface area contributed by atoms with Crippen molar-refractivity contribution in [1.29, 1.82) is 0 Å². The van der Waals surface area contributed by atoms with Crippen molar-refractivity contribution in [2.24, 2.45) is 0 Å². The van der Waals surface area contributed by atoms with Gasteiger partial charge in [-0.2, -0.15) is 5.10 Å². The molecule has 0 unspecified atom stereocenters. The average molecular weight is 352 g/mol. The van der Waals surface area contributed by atoms with Gasteiger partial charge >= 0.3 is 7.12 Å². The van der Waals surface area contributed by atoms with E-state index < -0.39 is 26.4 Å². The van der Waals surface area contributed by atoms with Gasteiger partial charge in [-0.3, -0.25) is 4.79 Å².